The molecule has 0 bridgehead atoms. The van der Waals surface area contributed by atoms with E-state index in [1.165, 1.54) is 5.56 Å². The number of hydrogen-bond donors (Lipinski definition) is 1. The first kappa shape index (κ1) is 18.5. The molecule has 1 heterocycles. The number of nitrogens with one attached hydrogen (secondary N) is 1. The molecule has 1 aliphatic rings. The van der Waals surface area contributed by atoms with Gasteiger partial charge < -0.3 is 15.0 Å². The van der Waals surface area contributed by atoms with Gasteiger partial charge in [-0.1, -0.05) is 39.3 Å². The van der Waals surface area contributed by atoms with Gasteiger partial charge in [0.25, 0.3) is 5.91 Å². The second kappa shape index (κ2) is 8.83. The Morgan fingerprint density at radius 2 is 2.04 bits per heavy atom. The number of nitrogens with zero attached hydrogens (tertiary/aromatic N) is 1. The highest BCUT2D eigenvalue weighted by Crippen LogP contribution is 2.22. The van der Waals surface area contributed by atoms with Crippen LogP contribution in [0.15, 0.2) is 24.3 Å². The monoisotopic (exact) mass is 332 g/mol. The van der Waals surface area contributed by atoms with Crippen LogP contribution < -0.4 is 10.2 Å². The fraction of sp³-hybridized carbons (Fsp3) is 0.579. The van der Waals surface area contributed by atoms with Gasteiger partial charge in [0.15, 0.2) is 0 Å². The lowest BCUT2D eigenvalue weighted by Crippen LogP contribution is -2.50. The SMILES string of the molecule is CCCCC(=O)NCC1CN(c2ccc(C(C)C)cc2)C(=O)CO1. The summed E-state index contributed by atoms with van der Waals surface area (Å²) in [7, 11) is 0. The first-order valence-electron chi connectivity index (χ1n) is 8.80. The zero-order chi connectivity index (χ0) is 17.5. The van der Waals surface area contributed by atoms with Gasteiger partial charge in [0.05, 0.1) is 12.6 Å². The van der Waals surface area contributed by atoms with Crippen LogP contribution in [-0.2, 0) is 14.3 Å². The van der Waals surface area contributed by atoms with E-state index >= 15 is 0 Å². The Bertz CT molecular complexity index is 554. The van der Waals surface area contributed by atoms with Gasteiger partial charge in [-0.15, -0.1) is 0 Å². The van der Waals surface area contributed by atoms with Gasteiger partial charge in [-0.3, -0.25) is 9.59 Å². The molecule has 1 fully saturated rings. The van der Waals surface area contributed by atoms with E-state index in [-0.39, 0.29) is 24.5 Å². The number of hydrogen-bond acceptors (Lipinski definition) is 3. The highest BCUT2D eigenvalue weighted by molar-refractivity contribution is 5.95. The summed E-state index contributed by atoms with van der Waals surface area (Å²) in [6.45, 7) is 7.32. The summed E-state index contributed by atoms with van der Waals surface area (Å²) < 4.78 is 5.55. The Morgan fingerprint density at radius 3 is 2.67 bits per heavy atom. The molecule has 1 aromatic rings. The molecule has 5 nitrogen and oxygen atoms in total. The summed E-state index contributed by atoms with van der Waals surface area (Å²) in [5.41, 5.74) is 2.13. The van der Waals surface area contributed by atoms with Crippen LogP contribution in [0.1, 0.15) is 51.5 Å². The maximum atomic E-state index is 12.2. The van der Waals surface area contributed by atoms with Crippen molar-refractivity contribution in [1.29, 1.82) is 0 Å². The quantitative estimate of drug-likeness (QED) is 0.835. The van der Waals surface area contributed by atoms with Crippen LogP contribution in [0.2, 0.25) is 0 Å². The number of rotatable bonds is 7. The summed E-state index contributed by atoms with van der Waals surface area (Å²) in [6.07, 6.45) is 2.27. The van der Waals surface area contributed by atoms with E-state index in [0.29, 0.717) is 25.4 Å². The van der Waals surface area contributed by atoms with Gasteiger partial charge in [0.2, 0.25) is 5.91 Å². The van der Waals surface area contributed by atoms with E-state index in [4.69, 9.17) is 4.74 Å². The second-order valence-corrected chi connectivity index (χ2v) is 6.59. The molecule has 0 radical (unpaired) electrons. The van der Waals surface area contributed by atoms with Crippen LogP contribution in [0.4, 0.5) is 5.69 Å². The van der Waals surface area contributed by atoms with Crippen LogP contribution in [0.5, 0.6) is 0 Å². The molecule has 0 saturated carbocycles. The van der Waals surface area contributed by atoms with Gasteiger partial charge in [0.1, 0.15) is 6.61 Å². The van der Waals surface area contributed by atoms with E-state index in [0.717, 1.165) is 18.5 Å². The predicted molar refractivity (Wildman–Crippen MR) is 95.2 cm³/mol. The third-order valence-electron chi connectivity index (χ3n) is 4.29. The van der Waals surface area contributed by atoms with Gasteiger partial charge >= 0.3 is 0 Å². The molecule has 24 heavy (non-hydrogen) atoms. The smallest absolute Gasteiger partial charge is 0.253 e. The molecule has 1 aromatic carbocycles. The van der Waals surface area contributed by atoms with E-state index < -0.39 is 0 Å². The average molecular weight is 332 g/mol. The maximum absolute atomic E-state index is 12.2. The third-order valence-corrected chi connectivity index (χ3v) is 4.29. The molecular formula is C19H28N2O3. The van der Waals surface area contributed by atoms with Crippen molar-refractivity contribution in [1.82, 2.24) is 5.32 Å². The lowest BCUT2D eigenvalue weighted by molar-refractivity contribution is -0.129. The predicted octanol–water partition coefficient (Wildman–Crippen LogP) is 2.85. The second-order valence-electron chi connectivity index (χ2n) is 6.59. The normalized spacial score (nSPS) is 18.1. The molecule has 0 spiro atoms. The molecule has 2 rings (SSSR count). The van der Waals surface area contributed by atoms with Gasteiger partial charge in [-0.25, -0.2) is 0 Å². The summed E-state index contributed by atoms with van der Waals surface area (Å²) >= 11 is 0. The fourth-order valence-electron chi connectivity index (χ4n) is 2.69. The molecule has 2 amide bonds. The van der Waals surface area contributed by atoms with Crippen LogP contribution in [0.3, 0.4) is 0 Å². The summed E-state index contributed by atoms with van der Waals surface area (Å²) in [4.78, 5) is 25.6. The Hall–Kier alpha value is -1.88. The minimum Gasteiger partial charge on any atom is -0.365 e. The van der Waals surface area contributed by atoms with Crippen molar-refractivity contribution in [2.24, 2.45) is 0 Å². The molecule has 1 atom stereocenters. The average Bonchev–Trinajstić information content (AvgIpc) is 2.59. The van der Waals surface area contributed by atoms with Crippen molar-refractivity contribution < 1.29 is 14.3 Å². The van der Waals surface area contributed by atoms with Crippen molar-refractivity contribution in [3.8, 4) is 0 Å². The number of carbonyl (C=O) groups is 2. The zero-order valence-corrected chi connectivity index (χ0v) is 14.9. The Labute approximate surface area is 144 Å². The van der Waals surface area contributed by atoms with Crippen molar-refractivity contribution in [3.63, 3.8) is 0 Å². The molecule has 1 saturated heterocycles. The van der Waals surface area contributed by atoms with Crippen LogP contribution in [0, 0.1) is 0 Å². The molecule has 0 aromatic heterocycles. The van der Waals surface area contributed by atoms with Crippen molar-refractivity contribution in [2.45, 2.75) is 52.1 Å². The summed E-state index contributed by atoms with van der Waals surface area (Å²) in [6, 6.07) is 8.08. The Kier molecular flexibility index (Phi) is 6.79. The molecule has 1 aliphatic heterocycles. The van der Waals surface area contributed by atoms with E-state index in [1.807, 2.05) is 12.1 Å². The molecule has 132 valence electrons. The maximum Gasteiger partial charge on any atom is 0.253 e. The molecule has 1 unspecified atom stereocenters. The van der Waals surface area contributed by atoms with Gasteiger partial charge in [0, 0.05) is 18.7 Å². The number of amides is 2. The van der Waals surface area contributed by atoms with Crippen molar-refractivity contribution >= 4 is 17.5 Å². The number of benzene rings is 1. The Balaban J connectivity index is 1.92. The number of unbranched alkanes of at least 4 members (excludes halogenated alkanes) is 1. The molecule has 1 N–H and O–H groups in total. The van der Waals surface area contributed by atoms with Crippen molar-refractivity contribution in [2.75, 3.05) is 24.6 Å². The van der Waals surface area contributed by atoms with Crippen LogP contribution in [-0.4, -0.2) is 37.6 Å². The van der Waals surface area contributed by atoms with Gasteiger partial charge in [-0.05, 0) is 30.0 Å². The highest BCUT2D eigenvalue weighted by atomic mass is 16.5. The minimum absolute atomic E-state index is 0.0409. The first-order chi connectivity index (χ1) is 11.5. The fourth-order valence-corrected chi connectivity index (χ4v) is 2.69. The lowest BCUT2D eigenvalue weighted by Gasteiger charge is -2.33. The van der Waals surface area contributed by atoms with Crippen LogP contribution >= 0.6 is 0 Å². The largest absolute Gasteiger partial charge is 0.365 e. The molecule has 5 heteroatoms. The number of anilines is 1. The topological polar surface area (TPSA) is 58.6 Å². The van der Waals surface area contributed by atoms with E-state index in [1.54, 1.807) is 4.90 Å². The Morgan fingerprint density at radius 1 is 1.33 bits per heavy atom. The van der Waals surface area contributed by atoms with Gasteiger partial charge in [-0.2, -0.15) is 0 Å². The van der Waals surface area contributed by atoms with Crippen LogP contribution in [0.25, 0.3) is 0 Å². The number of ether oxygens (including phenoxy) is 1. The minimum atomic E-state index is -0.168. The van der Waals surface area contributed by atoms with Crippen molar-refractivity contribution in [3.05, 3.63) is 29.8 Å². The summed E-state index contributed by atoms with van der Waals surface area (Å²) in [5.74, 6) is 0.469. The lowest BCUT2D eigenvalue weighted by atomic mass is 10.0. The molecule has 0 aliphatic carbocycles. The third kappa shape index (κ3) is 5.06. The number of carbonyl (C=O) groups excluding carboxylic acids is 2. The standard InChI is InChI=1S/C19H28N2O3/c1-4-5-6-18(22)20-11-17-12-21(19(23)13-24-17)16-9-7-15(8-10-16)14(2)3/h7-10,14,17H,4-6,11-13H2,1-3H3,(H,20,22). The molecular weight excluding hydrogens is 304 g/mol. The highest BCUT2D eigenvalue weighted by Gasteiger charge is 2.27. The first-order valence-corrected chi connectivity index (χ1v) is 8.80. The number of morpholine rings is 1. The zero-order valence-electron chi connectivity index (χ0n) is 14.9. The summed E-state index contributed by atoms with van der Waals surface area (Å²) in [5, 5.41) is 2.90. The van der Waals surface area contributed by atoms with E-state index in [2.05, 4.69) is 38.2 Å². The van der Waals surface area contributed by atoms with E-state index in [9.17, 15) is 9.59 Å².